The van der Waals surface area contributed by atoms with Crippen LogP contribution in [0.5, 0.6) is 11.5 Å². The van der Waals surface area contributed by atoms with Crippen molar-refractivity contribution in [2.24, 2.45) is 0 Å². The van der Waals surface area contributed by atoms with E-state index in [1.807, 2.05) is 31.2 Å². The first-order valence-electron chi connectivity index (χ1n) is 7.28. The molecule has 1 unspecified atom stereocenters. The highest BCUT2D eigenvalue weighted by Gasteiger charge is 2.09. The largest absolute Gasteiger partial charge is 0.495 e. The molecule has 0 saturated carbocycles. The minimum Gasteiger partial charge on any atom is -0.495 e. The molecule has 0 spiro atoms. The highest BCUT2D eigenvalue weighted by atomic mass is 16.5. The highest BCUT2D eigenvalue weighted by Crippen LogP contribution is 2.29. The van der Waals surface area contributed by atoms with E-state index in [2.05, 4.69) is 37.4 Å². The summed E-state index contributed by atoms with van der Waals surface area (Å²) < 4.78 is 10.9. The van der Waals surface area contributed by atoms with Crippen LogP contribution >= 0.6 is 0 Å². The molecule has 0 saturated heterocycles. The van der Waals surface area contributed by atoms with Gasteiger partial charge in [0.25, 0.3) is 0 Å². The Hall–Kier alpha value is -2.16. The van der Waals surface area contributed by atoms with Crippen molar-refractivity contribution in [2.45, 2.75) is 26.8 Å². The van der Waals surface area contributed by atoms with E-state index in [0.717, 1.165) is 17.2 Å². The molecule has 0 bridgehead atoms. The van der Waals surface area contributed by atoms with Gasteiger partial charge in [0, 0.05) is 6.04 Å². The number of anilines is 1. The van der Waals surface area contributed by atoms with Crippen LogP contribution in [0.25, 0.3) is 0 Å². The standard InChI is InChI=1S/C18H23NO2/c1-5-21-16-9-7-15(8-10-16)14(3)19-17-12-13(2)6-11-18(17)20-4/h6-12,14,19H,5H2,1-4H3. The highest BCUT2D eigenvalue weighted by molar-refractivity contribution is 5.59. The first-order valence-corrected chi connectivity index (χ1v) is 7.28. The van der Waals surface area contributed by atoms with Gasteiger partial charge in [-0.1, -0.05) is 18.2 Å². The van der Waals surface area contributed by atoms with Crippen molar-refractivity contribution in [3.8, 4) is 11.5 Å². The van der Waals surface area contributed by atoms with Crippen LogP contribution < -0.4 is 14.8 Å². The van der Waals surface area contributed by atoms with Crippen molar-refractivity contribution in [1.82, 2.24) is 0 Å². The lowest BCUT2D eigenvalue weighted by atomic mass is 10.1. The second-order valence-corrected chi connectivity index (χ2v) is 5.07. The molecule has 112 valence electrons. The average molecular weight is 285 g/mol. The van der Waals surface area contributed by atoms with E-state index < -0.39 is 0 Å². The van der Waals surface area contributed by atoms with Crippen molar-refractivity contribution in [1.29, 1.82) is 0 Å². The first-order chi connectivity index (χ1) is 10.1. The van der Waals surface area contributed by atoms with E-state index in [1.54, 1.807) is 7.11 Å². The Kier molecular flexibility index (Phi) is 5.09. The second kappa shape index (κ2) is 7.02. The van der Waals surface area contributed by atoms with Crippen LogP contribution in [0.2, 0.25) is 0 Å². The number of hydrogen-bond acceptors (Lipinski definition) is 3. The molecule has 0 heterocycles. The molecule has 0 fully saturated rings. The molecule has 2 aromatic rings. The third-order valence-corrected chi connectivity index (χ3v) is 3.42. The van der Waals surface area contributed by atoms with E-state index in [4.69, 9.17) is 9.47 Å². The molecular formula is C18H23NO2. The topological polar surface area (TPSA) is 30.5 Å². The zero-order valence-electron chi connectivity index (χ0n) is 13.1. The summed E-state index contributed by atoms with van der Waals surface area (Å²) in [6, 6.07) is 14.5. The van der Waals surface area contributed by atoms with Gasteiger partial charge in [-0.3, -0.25) is 0 Å². The summed E-state index contributed by atoms with van der Waals surface area (Å²) in [7, 11) is 1.69. The fourth-order valence-electron chi connectivity index (χ4n) is 2.27. The fourth-order valence-corrected chi connectivity index (χ4v) is 2.27. The van der Waals surface area contributed by atoms with Crippen LogP contribution in [0.4, 0.5) is 5.69 Å². The number of methoxy groups -OCH3 is 1. The van der Waals surface area contributed by atoms with Crippen LogP contribution in [-0.4, -0.2) is 13.7 Å². The van der Waals surface area contributed by atoms with Gasteiger partial charge in [-0.2, -0.15) is 0 Å². The summed E-state index contributed by atoms with van der Waals surface area (Å²) in [5.74, 6) is 1.76. The fraction of sp³-hybridized carbons (Fsp3) is 0.333. The Morgan fingerprint density at radius 1 is 1.10 bits per heavy atom. The molecule has 21 heavy (non-hydrogen) atoms. The van der Waals surface area contributed by atoms with E-state index in [1.165, 1.54) is 11.1 Å². The zero-order chi connectivity index (χ0) is 15.2. The molecule has 0 aromatic heterocycles. The molecule has 1 atom stereocenters. The molecule has 0 aliphatic heterocycles. The quantitative estimate of drug-likeness (QED) is 0.843. The lowest BCUT2D eigenvalue weighted by Gasteiger charge is -2.18. The third kappa shape index (κ3) is 3.91. The van der Waals surface area contributed by atoms with Gasteiger partial charge < -0.3 is 14.8 Å². The van der Waals surface area contributed by atoms with E-state index in [9.17, 15) is 0 Å². The maximum Gasteiger partial charge on any atom is 0.141 e. The van der Waals surface area contributed by atoms with Crippen molar-refractivity contribution < 1.29 is 9.47 Å². The molecule has 2 aromatic carbocycles. The number of benzene rings is 2. The Bertz CT molecular complexity index is 578. The van der Waals surface area contributed by atoms with Crippen LogP contribution in [0, 0.1) is 6.92 Å². The van der Waals surface area contributed by atoms with Crippen molar-refractivity contribution >= 4 is 5.69 Å². The lowest BCUT2D eigenvalue weighted by molar-refractivity contribution is 0.340. The summed E-state index contributed by atoms with van der Waals surface area (Å²) in [5.41, 5.74) is 3.43. The van der Waals surface area contributed by atoms with Gasteiger partial charge in [0.15, 0.2) is 0 Å². The molecular weight excluding hydrogens is 262 g/mol. The predicted octanol–water partition coefficient (Wildman–Crippen LogP) is 4.58. The summed E-state index contributed by atoms with van der Waals surface area (Å²) >= 11 is 0. The minimum absolute atomic E-state index is 0.191. The SMILES string of the molecule is CCOc1ccc(C(C)Nc2cc(C)ccc2OC)cc1. The number of rotatable bonds is 6. The number of nitrogens with one attached hydrogen (secondary N) is 1. The van der Waals surface area contributed by atoms with Gasteiger partial charge in [0.05, 0.1) is 19.4 Å². The zero-order valence-corrected chi connectivity index (χ0v) is 13.1. The minimum atomic E-state index is 0.191. The smallest absolute Gasteiger partial charge is 0.141 e. The van der Waals surface area contributed by atoms with Crippen molar-refractivity contribution in [3.63, 3.8) is 0 Å². The predicted molar refractivity (Wildman–Crippen MR) is 87.4 cm³/mol. The third-order valence-electron chi connectivity index (χ3n) is 3.42. The van der Waals surface area contributed by atoms with Crippen molar-refractivity contribution in [2.75, 3.05) is 19.0 Å². The van der Waals surface area contributed by atoms with Gasteiger partial charge in [-0.05, 0) is 56.2 Å². The van der Waals surface area contributed by atoms with Crippen LogP contribution in [-0.2, 0) is 0 Å². The van der Waals surface area contributed by atoms with Crippen LogP contribution in [0.15, 0.2) is 42.5 Å². The summed E-state index contributed by atoms with van der Waals surface area (Å²) in [5, 5.41) is 3.50. The summed E-state index contributed by atoms with van der Waals surface area (Å²) in [6.45, 7) is 6.89. The Morgan fingerprint density at radius 2 is 1.81 bits per heavy atom. The molecule has 0 aliphatic rings. The Labute approximate surface area is 126 Å². The number of hydrogen-bond donors (Lipinski definition) is 1. The summed E-state index contributed by atoms with van der Waals surface area (Å²) in [6.07, 6.45) is 0. The molecule has 3 heteroatoms. The Morgan fingerprint density at radius 3 is 2.43 bits per heavy atom. The molecule has 0 aliphatic carbocycles. The van der Waals surface area contributed by atoms with E-state index >= 15 is 0 Å². The monoisotopic (exact) mass is 285 g/mol. The second-order valence-electron chi connectivity index (χ2n) is 5.07. The van der Waals surface area contributed by atoms with Crippen LogP contribution in [0.1, 0.15) is 31.0 Å². The first kappa shape index (κ1) is 15.2. The van der Waals surface area contributed by atoms with Crippen molar-refractivity contribution in [3.05, 3.63) is 53.6 Å². The number of ether oxygens (including phenoxy) is 2. The molecule has 0 amide bonds. The average Bonchev–Trinajstić information content (AvgIpc) is 2.48. The summed E-state index contributed by atoms with van der Waals surface area (Å²) in [4.78, 5) is 0. The van der Waals surface area contributed by atoms with E-state index in [-0.39, 0.29) is 6.04 Å². The van der Waals surface area contributed by atoms with Gasteiger partial charge in [-0.25, -0.2) is 0 Å². The number of aryl methyl sites for hydroxylation is 1. The normalized spacial score (nSPS) is 11.8. The molecule has 3 nitrogen and oxygen atoms in total. The van der Waals surface area contributed by atoms with Gasteiger partial charge in [0.2, 0.25) is 0 Å². The lowest BCUT2D eigenvalue weighted by Crippen LogP contribution is -2.08. The van der Waals surface area contributed by atoms with E-state index in [0.29, 0.717) is 6.61 Å². The maximum atomic E-state index is 5.47. The van der Waals surface area contributed by atoms with Gasteiger partial charge >= 0.3 is 0 Å². The van der Waals surface area contributed by atoms with Crippen LogP contribution in [0.3, 0.4) is 0 Å². The molecule has 2 rings (SSSR count). The van der Waals surface area contributed by atoms with Gasteiger partial charge in [-0.15, -0.1) is 0 Å². The van der Waals surface area contributed by atoms with Gasteiger partial charge in [0.1, 0.15) is 11.5 Å². The Balaban J connectivity index is 2.13. The molecule has 1 N–H and O–H groups in total. The molecule has 0 radical (unpaired) electrons. The maximum absolute atomic E-state index is 5.47.